The molecular formula is C11H14OS. The third-order valence-electron chi connectivity index (χ3n) is 2.26. The van der Waals surface area contributed by atoms with Crippen molar-refractivity contribution in [2.24, 2.45) is 5.92 Å². The van der Waals surface area contributed by atoms with Crippen molar-refractivity contribution in [3.05, 3.63) is 29.8 Å². The van der Waals surface area contributed by atoms with E-state index in [1.165, 1.54) is 23.5 Å². The number of aliphatic hydroxyl groups is 1. The lowest BCUT2D eigenvalue weighted by atomic mass is 10.2. The molecule has 0 atom stereocenters. The molecule has 0 saturated heterocycles. The molecule has 1 aromatic rings. The summed E-state index contributed by atoms with van der Waals surface area (Å²) in [6.45, 7) is 0.151. The summed E-state index contributed by atoms with van der Waals surface area (Å²) in [7, 11) is 0. The summed E-state index contributed by atoms with van der Waals surface area (Å²) in [5.74, 6) is 2.21. The molecule has 1 aliphatic carbocycles. The quantitative estimate of drug-likeness (QED) is 0.744. The molecule has 0 spiro atoms. The van der Waals surface area contributed by atoms with E-state index in [9.17, 15) is 0 Å². The van der Waals surface area contributed by atoms with Crippen molar-refractivity contribution in [3.8, 4) is 0 Å². The highest BCUT2D eigenvalue weighted by Gasteiger charge is 2.20. The highest BCUT2D eigenvalue weighted by molar-refractivity contribution is 7.99. The maximum atomic E-state index is 8.94. The van der Waals surface area contributed by atoms with Crippen molar-refractivity contribution in [1.29, 1.82) is 0 Å². The molecule has 2 rings (SSSR count). The van der Waals surface area contributed by atoms with Gasteiger partial charge in [0.05, 0.1) is 6.61 Å². The first kappa shape index (κ1) is 9.10. The zero-order valence-corrected chi connectivity index (χ0v) is 8.39. The number of hydrogen-bond donors (Lipinski definition) is 1. The average molecular weight is 194 g/mol. The minimum absolute atomic E-state index is 0.151. The van der Waals surface area contributed by atoms with Crippen molar-refractivity contribution < 1.29 is 5.11 Å². The van der Waals surface area contributed by atoms with Gasteiger partial charge in [-0.2, -0.15) is 0 Å². The number of aliphatic hydroxyl groups excluding tert-OH is 1. The smallest absolute Gasteiger partial charge is 0.0682 e. The summed E-state index contributed by atoms with van der Waals surface area (Å²) in [5.41, 5.74) is 1.01. The van der Waals surface area contributed by atoms with E-state index in [1.54, 1.807) is 0 Å². The summed E-state index contributed by atoms with van der Waals surface area (Å²) in [4.78, 5) is 1.29. The first-order valence-corrected chi connectivity index (χ1v) is 5.69. The number of rotatable bonds is 4. The first-order chi connectivity index (χ1) is 6.38. The minimum Gasteiger partial charge on any atom is -0.392 e. The van der Waals surface area contributed by atoms with Gasteiger partial charge in [-0.1, -0.05) is 12.1 Å². The van der Waals surface area contributed by atoms with Crippen LogP contribution in [0.15, 0.2) is 29.2 Å². The van der Waals surface area contributed by atoms with Crippen molar-refractivity contribution in [1.82, 2.24) is 0 Å². The normalized spacial score (nSPS) is 16.1. The van der Waals surface area contributed by atoms with Gasteiger partial charge in [-0.25, -0.2) is 0 Å². The predicted octanol–water partition coefficient (Wildman–Crippen LogP) is 2.68. The SMILES string of the molecule is OCc1cccc(SCC2CC2)c1. The van der Waals surface area contributed by atoms with Crippen LogP contribution in [0.2, 0.25) is 0 Å². The molecule has 0 aromatic heterocycles. The van der Waals surface area contributed by atoms with Crippen molar-refractivity contribution in [3.63, 3.8) is 0 Å². The van der Waals surface area contributed by atoms with Gasteiger partial charge < -0.3 is 5.11 Å². The Labute approximate surface area is 83.2 Å². The van der Waals surface area contributed by atoms with Crippen molar-refractivity contribution in [2.45, 2.75) is 24.3 Å². The molecule has 1 saturated carbocycles. The fourth-order valence-corrected chi connectivity index (χ4v) is 2.40. The molecule has 1 nitrogen and oxygen atoms in total. The number of hydrogen-bond acceptors (Lipinski definition) is 2. The summed E-state index contributed by atoms with van der Waals surface area (Å²) < 4.78 is 0. The van der Waals surface area contributed by atoms with E-state index in [0.29, 0.717) is 0 Å². The van der Waals surface area contributed by atoms with E-state index in [-0.39, 0.29) is 6.61 Å². The zero-order valence-electron chi connectivity index (χ0n) is 7.57. The molecule has 0 radical (unpaired) electrons. The van der Waals surface area contributed by atoms with Crippen LogP contribution in [-0.2, 0) is 6.61 Å². The van der Waals surface area contributed by atoms with Crippen LogP contribution < -0.4 is 0 Å². The summed E-state index contributed by atoms with van der Waals surface area (Å²) in [6, 6.07) is 8.17. The summed E-state index contributed by atoms with van der Waals surface area (Å²) in [5, 5.41) is 8.94. The van der Waals surface area contributed by atoms with Gasteiger partial charge in [-0.15, -0.1) is 11.8 Å². The molecule has 13 heavy (non-hydrogen) atoms. The Hall–Kier alpha value is -0.470. The summed E-state index contributed by atoms with van der Waals surface area (Å²) in [6.07, 6.45) is 2.82. The van der Waals surface area contributed by atoms with E-state index in [0.717, 1.165) is 11.5 Å². The molecule has 1 fully saturated rings. The predicted molar refractivity (Wildman–Crippen MR) is 55.8 cm³/mol. The maximum Gasteiger partial charge on any atom is 0.0682 e. The second kappa shape index (κ2) is 4.16. The van der Waals surface area contributed by atoms with Crippen molar-refractivity contribution >= 4 is 11.8 Å². The molecule has 0 aliphatic heterocycles. The molecule has 0 amide bonds. The molecule has 2 heteroatoms. The second-order valence-electron chi connectivity index (χ2n) is 3.56. The Morgan fingerprint density at radius 2 is 2.23 bits per heavy atom. The van der Waals surface area contributed by atoms with Gasteiger partial charge in [0.2, 0.25) is 0 Å². The van der Waals surface area contributed by atoms with Crippen LogP contribution in [0.3, 0.4) is 0 Å². The van der Waals surface area contributed by atoms with Crippen LogP contribution in [0, 0.1) is 5.92 Å². The molecule has 0 heterocycles. The number of thioether (sulfide) groups is 1. The first-order valence-electron chi connectivity index (χ1n) is 4.71. The Morgan fingerprint density at radius 3 is 2.92 bits per heavy atom. The third-order valence-corrected chi connectivity index (χ3v) is 3.49. The molecule has 0 bridgehead atoms. The number of benzene rings is 1. The largest absolute Gasteiger partial charge is 0.392 e. The standard InChI is InChI=1S/C11H14OS/c12-7-10-2-1-3-11(6-10)13-8-9-4-5-9/h1-3,6,9,12H,4-5,7-8H2. The minimum atomic E-state index is 0.151. The molecule has 70 valence electrons. The highest BCUT2D eigenvalue weighted by Crippen LogP contribution is 2.35. The Bertz CT molecular complexity index is 281. The van der Waals surface area contributed by atoms with Crippen LogP contribution in [0.25, 0.3) is 0 Å². The molecule has 1 N–H and O–H groups in total. The fourth-order valence-electron chi connectivity index (χ4n) is 1.23. The van der Waals surface area contributed by atoms with Gasteiger partial charge in [-0.05, 0) is 36.5 Å². The van der Waals surface area contributed by atoms with Gasteiger partial charge in [0, 0.05) is 10.6 Å². The van der Waals surface area contributed by atoms with Gasteiger partial charge in [0.1, 0.15) is 0 Å². The molecule has 1 aliphatic rings. The lowest BCUT2D eigenvalue weighted by Gasteiger charge is -2.01. The fraction of sp³-hybridized carbons (Fsp3) is 0.455. The second-order valence-corrected chi connectivity index (χ2v) is 4.65. The van der Waals surface area contributed by atoms with Crippen LogP contribution >= 0.6 is 11.8 Å². The Morgan fingerprint density at radius 1 is 1.38 bits per heavy atom. The van der Waals surface area contributed by atoms with Crippen LogP contribution in [0.1, 0.15) is 18.4 Å². The monoisotopic (exact) mass is 194 g/mol. The highest BCUT2D eigenvalue weighted by atomic mass is 32.2. The van der Waals surface area contributed by atoms with E-state index < -0.39 is 0 Å². The molecule has 0 unspecified atom stereocenters. The average Bonchev–Trinajstić information content (AvgIpc) is 2.99. The van der Waals surface area contributed by atoms with E-state index in [4.69, 9.17) is 5.11 Å². The van der Waals surface area contributed by atoms with E-state index in [2.05, 4.69) is 12.1 Å². The van der Waals surface area contributed by atoms with Crippen molar-refractivity contribution in [2.75, 3.05) is 5.75 Å². The van der Waals surface area contributed by atoms with E-state index in [1.807, 2.05) is 23.9 Å². The lowest BCUT2D eigenvalue weighted by Crippen LogP contribution is -1.84. The Kier molecular flexibility index (Phi) is 2.91. The molecule has 1 aromatic carbocycles. The zero-order chi connectivity index (χ0) is 9.10. The van der Waals surface area contributed by atoms with Crippen LogP contribution in [0.4, 0.5) is 0 Å². The van der Waals surface area contributed by atoms with Gasteiger partial charge in [0.25, 0.3) is 0 Å². The maximum absolute atomic E-state index is 8.94. The Balaban J connectivity index is 1.93. The third kappa shape index (κ3) is 2.75. The van der Waals surface area contributed by atoms with Crippen LogP contribution in [0.5, 0.6) is 0 Å². The summed E-state index contributed by atoms with van der Waals surface area (Å²) >= 11 is 1.91. The molecular weight excluding hydrogens is 180 g/mol. The lowest BCUT2D eigenvalue weighted by molar-refractivity contribution is 0.281. The van der Waals surface area contributed by atoms with Gasteiger partial charge >= 0.3 is 0 Å². The van der Waals surface area contributed by atoms with Gasteiger partial charge in [-0.3, -0.25) is 0 Å². The van der Waals surface area contributed by atoms with Crippen LogP contribution in [-0.4, -0.2) is 10.9 Å². The topological polar surface area (TPSA) is 20.2 Å². The van der Waals surface area contributed by atoms with E-state index >= 15 is 0 Å². The van der Waals surface area contributed by atoms with Gasteiger partial charge in [0.15, 0.2) is 0 Å².